The SMILES string of the molecule is C[C@@H](Oc1ccccc1)C(=O)OC[C@@H]1CCC[NH+]2CCCC[C@H]12. The molecular formula is C19H28NO3+. The van der Waals surface area contributed by atoms with Gasteiger partial charge in [0, 0.05) is 5.92 Å². The summed E-state index contributed by atoms with van der Waals surface area (Å²) >= 11 is 0. The van der Waals surface area contributed by atoms with E-state index in [-0.39, 0.29) is 5.97 Å². The lowest BCUT2D eigenvalue weighted by Crippen LogP contribution is -3.18. The lowest BCUT2D eigenvalue weighted by molar-refractivity contribution is -0.940. The quantitative estimate of drug-likeness (QED) is 0.842. The molecule has 1 aromatic carbocycles. The van der Waals surface area contributed by atoms with Gasteiger partial charge in [-0.25, -0.2) is 4.79 Å². The van der Waals surface area contributed by atoms with Crippen LogP contribution in [0.15, 0.2) is 30.3 Å². The van der Waals surface area contributed by atoms with Crippen molar-refractivity contribution in [2.24, 2.45) is 5.92 Å². The summed E-state index contributed by atoms with van der Waals surface area (Å²) in [5.41, 5.74) is 0. The fourth-order valence-corrected chi connectivity index (χ4v) is 4.04. The average molecular weight is 318 g/mol. The first-order chi connectivity index (χ1) is 11.2. The largest absolute Gasteiger partial charge is 0.479 e. The third kappa shape index (κ3) is 4.25. The molecular weight excluding hydrogens is 290 g/mol. The fraction of sp³-hybridized carbons (Fsp3) is 0.632. The molecule has 0 amide bonds. The zero-order chi connectivity index (χ0) is 16.1. The van der Waals surface area contributed by atoms with Gasteiger partial charge >= 0.3 is 5.97 Å². The topological polar surface area (TPSA) is 40.0 Å². The molecule has 4 heteroatoms. The highest BCUT2D eigenvalue weighted by Crippen LogP contribution is 2.21. The van der Waals surface area contributed by atoms with Gasteiger partial charge in [0.1, 0.15) is 5.75 Å². The molecule has 4 nitrogen and oxygen atoms in total. The highest BCUT2D eigenvalue weighted by atomic mass is 16.6. The van der Waals surface area contributed by atoms with E-state index in [1.165, 1.54) is 45.2 Å². The maximum Gasteiger partial charge on any atom is 0.347 e. The minimum Gasteiger partial charge on any atom is -0.479 e. The van der Waals surface area contributed by atoms with Crippen LogP contribution in [0.25, 0.3) is 0 Å². The summed E-state index contributed by atoms with van der Waals surface area (Å²) in [4.78, 5) is 13.9. The Balaban J connectivity index is 1.48. The van der Waals surface area contributed by atoms with E-state index in [9.17, 15) is 4.79 Å². The number of benzene rings is 1. The van der Waals surface area contributed by atoms with E-state index in [2.05, 4.69) is 0 Å². The normalized spacial score (nSPS) is 28.5. The van der Waals surface area contributed by atoms with Gasteiger partial charge < -0.3 is 14.4 Å². The molecule has 126 valence electrons. The molecule has 3 rings (SSSR count). The van der Waals surface area contributed by atoms with E-state index < -0.39 is 6.10 Å². The number of esters is 1. The van der Waals surface area contributed by atoms with E-state index in [0.29, 0.717) is 24.3 Å². The Morgan fingerprint density at radius 1 is 1.17 bits per heavy atom. The number of ether oxygens (including phenoxy) is 2. The Morgan fingerprint density at radius 2 is 1.96 bits per heavy atom. The van der Waals surface area contributed by atoms with Crippen molar-refractivity contribution in [1.82, 2.24) is 0 Å². The summed E-state index contributed by atoms with van der Waals surface area (Å²) in [6.45, 7) is 4.90. The third-order valence-corrected chi connectivity index (χ3v) is 5.26. The molecule has 1 aromatic rings. The number of rotatable bonds is 5. The van der Waals surface area contributed by atoms with Crippen molar-refractivity contribution in [1.29, 1.82) is 0 Å². The molecule has 1 N–H and O–H groups in total. The van der Waals surface area contributed by atoms with Crippen LogP contribution in [0.2, 0.25) is 0 Å². The molecule has 1 unspecified atom stereocenters. The zero-order valence-electron chi connectivity index (χ0n) is 14.0. The fourth-order valence-electron chi connectivity index (χ4n) is 4.04. The number of carbonyl (C=O) groups is 1. The zero-order valence-corrected chi connectivity index (χ0v) is 14.0. The van der Waals surface area contributed by atoms with Crippen LogP contribution in [0.3, 0.4) is 0 Å². The molecule has 0 bridgehead atoms. The van der Waals surface area contributed by atoms with Crippen molar-refractivity contribution in [2.75, 3.05) is 19.7 Å². The van der Waals surface area contributed by atoms with Crippen molar-refractivity contribution in [3.05, 3.63) is 30.3 Å². The molecule has 0 aromatic heterocycles. The standard InChI is InChI=1S/C19H27NO3/c1-15(23-17-9-3-2-4-10-17)19(21)22-14-16-8-7-13-20-12-6-5-11-18(16)20/h2-4,9-10,15-16,18H,5-8,11-14H2,1H3/p+1/t15-,16+,18-/m1/s1. The van der Waals surface area contributed by atoms with E-state index in [4.69, 9.17) is 9.47 Å². The number of hydrogen-bond acceptors (Lipinski definition) is 3. The molecule has 0 spiro atoms. The number of hydrogen-bond donors (Lipinski definition) is 1. The molecule has 0 radical (unpaired) electrons. The summed E-state index contributed by atoms with van der Waals surface area (Å²) in [5.74, 6) is 0.973. The van der Waals surface area contributed by atoms with Crippen LogP contribution in [0, 0.1) is 5.92 Å². The summed E-state index contributed by atoms with van der Waals surface area (Å²) in [7, 11) is 0. The lowest BCUT2D eigenvalue weighted by atomic mass is 9.84. The highest BCUT2D eigenvalue weighted by Gasteiger charge is 2.37. The summed E-state index contributed by atoms with van der Waals surface area (Å²) in [6.07, 6.45) is 5.84. The predicted molar refractivity (Wildman–Crippen MR) is 88.6 cm³/mol. The number of piperidine rings is 2. The number of nitrogens with one attached hydrogen (secondary N) is 1. The molecule has 2 aliphatic rings. The van der Waals surface area contributed by atoms with Crippen molar-refractivity contribution in [2.45, 2.75) is 51.2 Å². The van der Waals surface area contributed by atoms with Crippen molar-refractivity contribution in [3.8, 4) is 5.75 Å². The van der Waals surface area contributed by atoms with E-state index in [1.54, 1.807) is 11.8 Å². The first-order valence-corrected chi connectivity index (χ1v) is 8.97. The number of quaternary nitrogens is 1. The van der Waals surface area contributed by atoms with E-state index in [1.807, 2.05) is 30.3 Å². The molecule has 2 heterocycles. The van der Waals surface area contributed by atoms with E-state index >= 15 is 0 Å². The number of para-hydroxylation sites is 1. The van der Waals surface area contributed by atoms with Crippen LogP contribution in [0.1, 0.15) is 39.0 Å². The van der Waals surface area contributed by atoms with Gasteiger partial charge in [-0.3, -0.25) is 0 Å². The third-order valence-electron chi connectivity index (χ3n) is 5.26. The van der Waals surface area contributed by atoms with Crippen LogP contribution in [-0.2, 0) is 9.53 Å². The number of carbonyl (C=O) groups excluding carboxylic acids is 1. The van der Waals surface area contributed by atoms with Gasteiger partial charge in [0.25, 0.3) is 0 Å². The molecule has 23 heavy (non-hydrogen) atoms. The number of fused-ring (bicyclic) bond motifs is 1. The van der Waals surface area contributed by atoms with Crippen LogP contribution >= 0.6 is 0 Å². The van der Waals surface area contributed by atoms with Crippen LogP contribution in [0.4, 0.5) is 0 Å². The van der Waals surface area contributed by atoms with Gasteiger partial charge in [-0.05, 0) is 51.2 Å². The van der Waals surface area contributed by atoms with Gasteiger partial charge in [0.2, 0.25) is 0 Å². The Morgan fingerprint density at radius 3 is 2.78 bits per heavy atom. The second kappa shape index (κ2) is 7.82. The van der Waals surface area contributed by atoms with Gasteiger partial charge in [-0.15, -0.1) is 0 Å². The monoisotopic (exact) mass is 318 g/mol. The predicted octanol–water partition coefficient (Wildman–Crippen LogP) is 1.84. The molecule has 0 aliphatic carbocycles. The maximum atomic E-state index is 12.2. The smallest absolute Gasteiger partial charge is 0.347 e. The van der Waals surface area contributed by atoms with Gasteiger partial charge in [0.15, 0.2) is 6.10 Å². The second-order valence-corrected chi connectivity index (χ2v) is 6.87. The summed E-state index contributed by atoms with van der Waals surface area (Å²) in [6, 6.07) is 10.1. The van der Waals surface area contributed by atoms with Gasteiger partial charge in [0.05, 0.1) is 25.7 Å². The average Bonchev–Trinajstić information content (AvgIpc) is 2.60. The first-order valence-electron chi connectivity index (χ1n) is 8.97. The molecule has 2 aliphatic heterocycles. The molecule has 0 saturated carbocycles. The van der Waals surface area contributed by atoms with Gasteiger partial charge in [-0.1, -0.05) is 18.2 Å². The first kappa shape index (κ1) is 16.3. The Kier molecular flexibility index (Phi) is 5.55. The van der Waals surface area contributed by atoms with Gasteiger partial charge in [-0.2, -0.15) is 0 Å². The lowest BCUT2D eigenvalue weighted by Gasteiger charge is -2.41. The highest BCUT2D eigenvalue weighted by molar-refractivity contribution is 5.74. The second-order valence-electron chi connectivity index (χ2n) is 6.87. The van der Waals surface area contributed by atoms with E-state index in [0.717, 1.165) is 0 Å². The summed E-state index contributed by atoms with van der Waals surface area (Å²) < 4.78 is 11.2. The molecule has 2 saturated heterocycles. The van der Waals surface area contributed by atoms with Crippen molar-refractivity contribution in [3.63, 3.8) is 0 Å². The molecule has 2 fully saturated rings. The maximum absolute atomic E-state index is 12.2. The molecule has 4 atom stereocenters. The van der Waals surface area contributed by atoms with Crippen LogP contribution in [0.5, 0.6) is 5.75 Å². The van der Waals surface area contributed by atoms with Crippen molar-refractivity contribution < 1.29 is 19.2 Å². The van der Waals surface area contributed by atoms with Crippen LogP contribution in [-0.4, -0.2) is 37.8 Å². The summed E-state index contributed by atoms with van der Waals surface area (Å²) in [5, 5.41) is 0. The minimum absolute atomic E-state index is 0.253. The Hall–Kier alpha value is -1.55. The Bertz CT molecular complexity index is 503. The minimum atomic E-state index is -0.559. The van der Waals surface area contributed by atoms with Crippen LogP contribution < -0.4 is 9.64 Å². The Labute approximate surface area is 138 Å². The van der Waals surface area contributed by atoms with Crippen molar-refractivity contribution >= 4 is 5.97 Å².